The van der Waals surface area contributed by atoms with E-state index in [1.54, 1.807) is 18.2 Å². The molecule has 0 saturated carbocycles. The molecule has 0 aromatic heterocycles. The van der Waals surface area contributed by atoms with Crippen molar-refractivity contribution in [1.82, 2.24) is 5.32 Å². The molecule has 0 bridgehead atoms. The van der Waals surface area contributed by atoms with Gasteiger partial charge in [0.1, 0.15) is 29.4 Å². The van der Waals surface area contributed by atoms with Crippen LogP contribution in [0.3, 0.4) is 0 Å². The van der Waals surface area contributed by atoms with Crippen LogP contribution in [0.15, 0.2) is 60.2 Å². The van der Waals surface area contributed by atoms with Gasteiger partial charge in [0.25, 0.3) is 11.8 Å². The molecule has 1 aliphatic heterocycles. The molecule has 0 unspecified atom stereocenters. The number of anilines is 1. The SMILES string of the molecule is COc1cc(N2C(=O)NC(=O)/C(=C\c3ccc(OCc4cccc(C)c4)c(Cl)c3)C2=O)c(OC)cc1Cl. The first-order valence-corrected chi connectivity index (χ1v) is 11.8. The molecule has 1 aliphatic rings. The maximum absolute atomic E-state index is 13.3. The van der Waals surface area contributed by atoms with Crippen LogP contribution < -0.4 is 24.4 Å². The zero-order valence-corrected chi connectivity index (χ0v) is 21.6. The summed E-state index contributed by atoms with van der Waals surface area (Å²) in [6, 6.07) is 14.6. The van der Waals surface area contributed by atoms with Gasteiger partial charge in [-0.25, -0.2) is 9.69 Å². The molecule has 0 spiro atoms. The van der Waals surface area contributed by atoms with Gasteiger partial charge in [0.15, 0.2) is 0 Å². The number of hydrogen-bond acceptors (Lipinski definition) is 6. The van der Waals surface area contributed by atoms with Gasteiger partial charge in [-0.3, -0.25) is 14.9 Å². The van der Waals surface area contributed by atoms with Crippen molar-refractivity contribution < 1.29 is 28.6 Å². The highest BCUT2D eigenvalue weighted by atomic mass is 35.5. The van der Waals surface area contributed by atoms with Crippen LogP contribution >= 0.6 is 23.2 Å². The van der Waals surface area contributed by atoms with E-state index in [1.165, 1.54) is 32.4 Å². The summed E-state index contributed by atoms with van der Waals surface area (Å²) in [5, 5.41) is 2.69. The summed E-state index contributed by atoms with van der Waals surface area (Å²) in [6.07, 6.45) is 1.34. The number of barbiturate groups is 1. The Balaban J connectivity index is 1.62. The fraction of sp³-hybridized carbons (Fsp3) is 0.148. The maximum atomic E-state index is 13.3. The van der Waals surface area contributed by atoms with Crippen LogP contribution in [-0.4, -0.2) is 32.1 Å². The first kappa shape index (κ1) is 26.1. The summed E-state index contributed by atoms with van der Waals surface area (Å²) in [6.45, 7) is 2.32. The molecule has 1 heterocycles. The molecule has 4 rings (SSSR count). The number of halogens is 2. The normalized spacial score (nSPS) is 14.6. The van der Waals surface area contributed by atoms with E-state index < -0.39 is 17.8 Å². The van der Waals surface area contributed by atoms with E-state index in [1.807, 2.05) is 31.2 Å². The molecule has 1 saturated heterocycles. The van der Waals surface area contributed by atoms with Gasteiger partial charge in [0.05, 0.1) is 30.0 Å². The number of rotatable bonds is 7. The average Bonchev–Trinajstić information content (AvgIpc) is 2.86. The average molecular weight is 541 g/mol. The Morgan fingerprint density at radius 1 is 0.892 bits per heavy atom. The van der Waals surface area contributed by atoms with E-state index in [4.69, 9.17) is 37.4 Å². The molecule has 37 heavy (non-hydrogen) atoms. The second kappa shape index (κ2) is 10.9. The van der Waals surface area contributed by atoms with Gasteiger partial charge in [0.2, 0.25) is 0 Å². The Morgan fingerprint density at radius 3 is 2.30 bits per heavy atom. The van der Waals surface area contributed by atoms with Crippen molar-refractivity contribution in [2.45, 2.75) is 13.5 Å². The number of carbonyl (C=O) groups excluding carboxylic acids is 3. The van der Waals surface area contributed by atoms with Crippen LogP contribution in [0.25, 0.3) is 6.08 Å². The lowest BCUT2D eigenvalue weighted by Gasteiger charge is -2.28. The van der Waals surface area contributed by atoms with Gasteiger partial charge < -0.3 is 14.2 Å². The monoisotopic (exact) mass is 540 g/mol. The zero-order valence-electron chi connectivity index (χ0n) is 20.1. The van der Waals surface area contributed by atoms with Gasteiger partial charge >= 0.3 is 6.03 Å². The fourth-order valence-corrected chi connectivity index (χ4v) is 4.22. The summed E-state index contributed by atoms with van der Waals surface area (Å²) >= 11 is 12.6. The van der Waals surface area contributed by atoms with Crippen LogP contribution in [0, 0.1) is 6.92 Å². The maximum Gasteiger partial charge on any atom is 0.336 e. The lowest BCUT2D eigenvalue weighted by atomic mass is 10.1. The van der Waals surface area contributed by atoms with Crippen molar-refractivity contribution in [3.8, 4) is 17.2 Å². The van der Waals surface area contributed by atoms with E-state index in [2.05, 4.69) is 5.32 Å². The van der Waals surface area contributed by atoms with Gasteiger partial charge in [-0.15, -0.1) is 0 Å². The predicted molar refractivity (Wildman–Crippen MR) is 141 cm³/mol. The molecule has 4 amide bonds. The van der Waals surface area contributed by atoms with E-state index in [-0.39, 0.29) is 27.8 Å². The molecule has 3 aromatic carbocycles. The predicted octanol–water partition coefficient (Wildman–Crippen LogP) is 5.56. The summed E-state index contributed by atoms with van der Waals surface area (Å²) < 4.78 is 16.3. The van der Waals surface area contributed by atoms with Gasteiger partial charge in [-0.1, -0.05) is 59.1 Å². The lowest BCUT2D eigenvalue weighted by molar-refractivity contribution is -0.122. The van der Waals surface area contributed by atoms with E-state index in [0.29, 0.717) is 22.9 Å². The minimum absolute atomic E-state index is 0.0579. The minimum atomic E-state index is -0.937. The highest BCUT2D eigenvalue weighted by Gasteiger charge is 2.38. The fourth-order valence-electron chi connectivity index (χ4n) is 3.75. The number of aryl methyl sites for hydroxylation is 1. The molecule has 3 aromatic rings. The summed E-state index contributed by atoms with van der Waals surface area (Å²) in [5.74, 6) is -0.899. The van der Waals surface area contributed by atoms with Crippen molar-refractivity contribution >= 4 is 52.8 Å². The number of imide groups is 2. The Kier molecular flexibility index (Phi) is 7.71. The largest absolute Gasteiger partial charge is 0.495 e. The quantitative estimate of drug-likeness (QED) is 0.311. The molecule has 190 valence electrons. The molecule has 0 atom stereocenters. The first-order chi connectivity index (χ1) is 17.7. The summed E-state index contributed by atoms with van der Waals surface area (Å²) in [5.41, 5.74) is 2.35. The Hall–Kier alpha value is -4.01. The van der Waals surface area contributed by atoms with E-state index in [0.717, 1.165) is 16.0 Å². The number of hydrogen-bond donors (Lipinski definition) is 1. The first-order valence-electron chi connectivity index (χ1n) is 11.0. The van der Waals surface area contributed by atoms with Crippen LogP contribution in [-0.2, 0) is 16.2 Å². The second-order valence-corrected chi connectivity index (χ2v) is 8.90. The molecule has 0 radical (unpaired) electrons. The van der Waals surface area contributed by atoms with Crippen LogP contribution in [0.4, 0.5) is 10.5 Å². The number of urea groups is 1. The van der Waals surface area contributed by atoms with Crippen LogP contribution in [0.2, 0.25) is 10.0 Å². The molecule has 0 aliphatic carbocycles. The zero-order chi connectivity index (χ0) is 26.7. The number of nitrogens with one attached hydrogen (secondary N) is 1. The third-order valence-electron chi connectivity index (χ3n) is 5.54. The number of amides is 4. The number of carbonyl (C=O) groups is 3. The minimum Gasteiger partial charge on any atom is -0.495 e. The summed E-state index contributed by atoms with van der Waals surface area (Å²) in [4.78, 5) is 39.4. The van der Waals surface area contributed by atoms with Gasteiger partial charge in [-0.2, -0.15) is 0 Å². The number of ether oxygens (including phenoxy) is 3. The van der Waals surface area contributed by atoms with Crippen molar-refractivity contribution in [3.05, 3.63) is 86.9 Å². The smallest absolute Gasteiger partial charge is 0.336 e. The third-order valence-corrected chi connectivity index (χ3v) is 6.13. The molecule has 8 nitrogen and oxygen atoms in total. The number of benzene rings is 3. The van der Waals surface area contributed by atoms with Crippen molar-refractivity contribution in [1.29, 1.82) is 0 Å². The Morgan fingerprint density at radius 2 is 1.62 bits per heavy atom. The topological polar surface area (TPSA) is 94.2 Å². The molecular weight excluding hydrogens is 519 g/mol. The van der Waals surface area contributed by atoms with Crippen LogP contribution in [0.1, 0.15) is 16.7 Å². The van der Waals surface area contributed by atoms with Crippen molar-refractivity contribution in [3.63, 3.8) is 0 Å². The van der Waals surface area contributed by atoms with Gasteiger partial charge in [0, 0.05) is 12.1 Å². The Bertz CT molecular complexity index is 1440. The van der Waals surface area contributed by atoms with Gasteiger partial charge in [-0.05, 0) is 36.3 Å². The highest BCUT2D eigenvalue weighted by molar-refractivity contribution is 6.40. The van der Waals surface area contributed by atoms with E-state index >= 15 is 0 Å². The molecule has 1 fully saturated rings. The van der Waals surface area contributed by atoms with Crippen molar-refractivity contribution in [2.24, 2.45) is 0 Å². The standard InChI is InChI=1S/C27H22Cl2N2O6/c1-15-5-4-6-17(9-15)14-37-22-8-7-16(11-19(22)28)10-18-25(32)30-27(34)31(26(18)33)21-13-23(35-2)20(29)12-24(21)36-3/h4-13H,14H2,1-3H3,(H,30,32,34)/b18-10+. The molecular formula is C27H22Cl2N2O6. The van der Waals surface area contributed by atoms with Crippen molar-refractivity contribution in [2.75, 3.05) is 19.1 Å². The number of methoxy groups -OCH3 is 2. The Labute approximate surface area is 223 Å². The molecule has 10 heteroatoms. The second-order valence-electron chi connectivity index (χ2n) is 8.08. The number of nitrogens with zero attached hydrogens (tertiary/aromatic N) is 1. The highest BCUT2D eigenvalue weighted by Crippen LogP contribution is 2.39. The van der Waals surface area contributed by atoms with E-state index in [9.17, 15) is 14.4 Å². The van der Waals surface area contributed by atoms with Crippen LogP contribution in [0.5, 0.6) is 17.2 Å². The summed E-state index contributed by atoms with van der Waals surface area (Å²) in [7, 11) is 2.75. The lowest BCUT2D eigenvalue weighted by Crippen LogP contribution is -2.54. The third kappa shape index (κ3) is 5.55. The molecule has 1 N–H and O–H groups in total.